The van der Waals surface area contributed by atoms with Gasteiger partial charge in [-0.25, -0.2) is 9.37 Å². The summed E-state index contributed by atoms with van der Waals surface area (Å²) in [5.41, 5.74) is 13.2. The van der Waals surface area contributed by atoms with Crippen LogP contribution in [0.5, 0.6) is 0 Å². The highest BCUT2D eigenvalue weighted by Gasteiger charge is 2.21. The van der Waals surface area contributed by atoms with Gasteiger partial charge in [0.1, 0.15) is 12.5 Å². The molecule has 5 rings (SSSR count). The van der Waals surface area contributed by atoms with Crippen LogP contribution in [0, 0.1) is 13.8 Å². The molecule has 37 heavy (non-hydrogen) atoms. The second-order valence-electron chi connectivity index (χ2n) is 9.42. The van der Waals surface area contributed by atoms with Gasteiger partial charge in [-0.3, -0.25) is 14.8 Å². The standard InChI is InChI=1S/C28H31FN6O2/c1-17-6-7-21(31-28(36)20-5-3-4-19(14-20)16-29)15-23(17)25-22(8-9-35-10-12-37-13-11-35)18(2)24-26(30)33-34-27(24)32-25/h3-7,14-15H,8-13,16H2,1-2H3,(H,31,36)(H3,30,32,33,34). The molecule has 8 nitrogen and oxygen atoms in total. The van der Waals surface area contributed by atoms with E-state index in [1.807, 2.05) is 25.1 Å². The quantitative estimate of drug-likeness (QED) is 0.345. The van der Waals surface area contributed by atoms with Crippen LogP contribution in [0.15, 0.2) is 42.5 Å². The largest absolute Gasteiger partial charge is 0.384 e. The molecule has 3 heterocycles. The first-order chi connectivity index (χ1) is 17.9. The first-order valence-electron chi connectivity index (χ1n) is 12.4. The lowest BCUT2D eigenvalue weighted by Gasteiger charge is -2.27. The van der Waals surface area contributed by atoms with Crippen molar-refractivity contribution in [2.75, 3.05) is 43.9 Å². The smallest absolute Gasteiger partial charge is 0.255 e. The van der Waals surface area contributed by atoms with Gasteiger partial charge >= 0.3 is 0 Å². The van der Waals surface area contributed by atoms with Crippen molar-refractivity contribution in [2.45, 2.75) is 26.9 Å². The summed E-state index contributed by atoms with van der Waals surface area (Å²) in [7, 11) is 0. The number of amides is 1. The number of aromatic amines is 1. The first-order valence-corrected chi connectivity index (χ1v) is 12.4. The third-order valence-corrected chi connectivity index (χ3v) is 6.98. The maximum atomic E-state index is 13.1. The Hall–Kier alpha value is -3.82. The number of nitrogens with zero attached hydrogens (tertiary/aromatic N) is 3. The number of alkyl halides is 1. The van der Waals surface area contributed by atoms with Crippen LogP contribution in [0.3, 0.4) is 0 Å². The number of pyridine rings is 1. The number of rotatable bonds is 7. The number of carbonyl (C=O) groups excluding carboxylic acids is 1. The van der Waals surface area contributed by atoms with Crippen LogP contribution in [-0.4, -0.2) is 58.8 Å². The van der Waals surface area contributed by atoms with E-state index in [-0.39, 0.29) is 5.91 Å². The van der Waals surface area contributed by atoms with Crippen molar-refractivity contribution in [1.29, 1.82) is 0 Å². The van der Waals surface area contributed by atoms with E-state index in [0.717, 1.165) is 72.6 Å². The lowest BCUT2D eigenvalue weighted by Crippen LogP contribution is -2.37. The van der Waals surface area contributed by atoms with E-state index in [1.54, 1.807) is 24.3 Å². The van der Waals surface area contributed by atoms with E-state index in [4.69, 9.17) is 15.5 Å². The highest BCUT2D eigenvalue weighted by Crippen LogP contribution is 2.34. The number of benzene rings is 2. The molecule has 1 aliphatic rings. The summed E-state index contributed by atoms with van der Waals surface area (Å²) in [5, 5.41) is 11.0. The molecule has 0 atom stereocenters. The van der Waals surface area contributed by atoms with E-state index < -0.39 is 6.67 Å². The predicted molar refractivity (Wildman–Crippen MR) is 143 cm³/mol. The molecule has 4 aromatic rings. The zero-order chi connectivity index (χ0) is 25.9. The number of morpholine rings is 1. The summed E-state index contributed by atoms with van der Waals surface area (Å²) in [6, 6.07) is 12.3. The average molecular weight is 503 g/mol. The lowest BCUT2D eigenvalue weighted by molar-refractivity contribution is 0.0384. The molecule has 2 aromatic heterocycles. The first kappa shape index (κ1) is 24.9. The Morgan fingerprint density at radius 1 is 1.19 bits per heavy atom. The number of nitrogens with one attached hydrogen (secondary N) is 2. The maximum Gasteiger partial charge on any atom is 0.255 e. The van der Waals surface area contributed by atoms with Gasteiger partial charge < -0.3 is 15.8 Å². The summed E-state index contributed by atoms with van der Waals surface area (Å²) >= 11 is 0. The summed E-state index contributed by atoms with van der Waals surface area (Å²) < 4.78 is 18.6. The van der Waals surface area contributed by atoms with Gasteiger partial charge in [-0.05, 0) is 66.8 Å². The van der Waals surface area contributed by atoms with E-state index in [2.05, 4.69) is 27.3 Å². The Kier molecular flexibility index (Phi) is 7.16. The molecule has 0 aliphatic carbocycles. The zero-order valence-corrected chi connectivity index (χ0v) is 21.1. The molecule has 0 spiro atoms. The average Bonchev–Trinajstić information content (AvgIpc) is 3.30. The number of nitrogens with two attached hydrogens (primary N) is 1. The predicted octanol–water partition coefficient (Wildman–Crippen LogP) is 4.42. The Labute approximate surface area is 215 Å². The zero-order valence-electron chi connectivity index (χ0n) is 21.1. The minimum absolute atomic E-state index is 0.294. The summed E-state index contributed by atoms with van der Waals surface area (Å²) in [6.07, 6.45) is 0.792. The molecule has 1 amide bonds. The van der Waals surface area contributed by atoms with Gasteiger partial charge in [0.15, 0.2) is 5.65 Å². The SMILES string of the molecule is Cc1ccc(NC(=O)c2cccc(CF)c2)cc1-c1nc2n[nH]c(N)c2c(C)c1CCN1CCOCC1. The number of ether oxygens (including phenoxy) is 1. The fourth-order valence-corrected chi connectivity index (χ4v) is 4.88. The summed E-state index contributed by atoms with van der Waals surface area (Å²) in [5.74, 6) is 0.213. The van der Waals surface area contributed by atoms with Crippen LogP contribution >= 0.6 is 0 Å². The number of H-pyrrole nitrogens is 1. The fourth-order valence-electron chi connectivity index (χ4n) is 4.88. The molecule has 0 unspecified atom stereocenters. The molecule has 1 aliphatic heterocycles. The van der Waals surface area contributed by atoms with E-state index in [1.165, 1.54) is 0 Å². The molecule has 1 fully saturated rings. The minimum atomic E-state index is -0.617. The Balaban J connectivity index is 1.51. The van der Waals surface area contributed by atoms with Crippen molar-refractivity contribution < 1.29 is 13.9 Å². The molecular formula is C28H31FN6O2. The lowest BCUT2D eigenvalue weighted by atomic mass is 9.94. The van der Waals surface area contributed by atoms with Gasteiger partial charge in [0, 0.05) is 36.4 Å². The Bertz CT molecular complexity index is 1440. The molecule has 0 saturated carbocycles. The molecule has 2 aromatic carbocycles. The highest BCUT2D eigenvalue weighted by atomic mass is 19.1. The molecule has 1 saturated heterocycles. The third kappa shape index (κ3) is 5.19. The number of aryl methyl sites for hydroxylation is 2. The third-order valence-electron chi connectivity index (χ3n) is 6.98. The molecule has 0 radical (unpaired) electrons. The van der Waals surface area contributed by atoms with Gasteiger partial charge in [0.05, 0.1) is 24.3 Å². The number of hydrogen-bond donors (Lipinski definition) is 3. The molecule has 192 valence electrons. The number of aromatic nitrogens is 3. The van der Waals surface area contributed by atoms with Gasteiger partial charge in [0.2, 0.25) is 0 Å². The number of anilines is 2. The van der Waals surface area contributed by atoms with Crippen molar-refractivity contribution in [1.82, 2.24) is 20.1 Å². The minimum Gasteiger partial charge on any atom is -0.384 e. The summed E-state index contributed by atoms with van der Waals surface area (Å²) in [4.78, 5) is 20.2. The van der Waals surface area contributed by atoms with Gasteiger partial charge in [-0.1, -0.05) is 18.2 Å². The van der Waals surface area contributed by atoms with Gasteiger partial charge in [-0.15, -0.1) is 0 Å². The monoisotopic (exact) mass is 502 g/mol. The number of nitrogen functional groups attached to an aromatic ring is 1. The Morgan fingerprint density at radius 2 is 2.00 bits per heavy atom. The maximum absolute atomic E-state index is 13.1. The second-order valence-corrected chi connectivity index (χ2v) is 9.42. The van der Waals surface area contributed by atoms with Crippen LogP contribution < -0.4 is 11.1 Å². The molecule has 0 bridgehead atoms. The van der Waals surface area contributed by atoms with E-state index in [9.17, 15) is 9.18 Å². The number of fused-ring (bicyclic) bond motifs is 1. The second kappa shape index (κ2) is 10.7. The highest BCUT2D eigenvalue weighted by molar-refractivity contribution is 6.04. The molecule has 4 N–H and O–H groups in total. The van der Waals surface area contributed by atoms with Crippen molar-refractivity contribution in [3.63, 3.8) is 0 Å². The topological polar surface area (TPSA) is 109 Å². The van der Waals surface area contributed by atoms with Gasteiger partial charge in [-0.2, -0.15) is 5.10 Å². The Morgan fingerprint density at radius 3 is 2.78 bits per heavy atom. The van der Waals surface area contributed by atoms with Crippen molar-refractivity contribution >= 4 is 28.4 Å². The normalized spacial score (nSPS) is 14.2. The van der Waals surface area contributed by atoms with Crippen LogP contribution in [0.4, 0.5) is 15.9 Å². The number of halogens is 1. The van der Waals surface area contributed by atoms with Gasteiger partial charge in [0.25, 0.3) is 5.91 Å². The van der Waals surface area contributed by atoms with Crippen molar-refractivity contribution in [3.05, 3.63) is 70.3 Å². The van der Waals surface area contributed by atoms with Crippen molar-refractivity contribution in [2.24, 2.45) is 0 Å². The van der Waals surface area contributed by atoms with Crippen LogP contribution in [-0.2, 0) is 17.8 Å². The van der Waals surface area contributed by atoms with E-state index in [0.29, 0.717) is 28.3 Å². The fraction of sp³-hybridized carbons (Fsp3) is 0.321. The van der Waals surface area contributed by atoms with Crippen LogP contribution in [0.2, 0.25) is 0 Å². The summed E-state index contributed by atoms with van der Waals surface area (Å²) in [6.45, 7) is 7.64. The number of hydrogen-bond acceptors (Lipinski definition) is 6. The molecular weight excluding hydrogens is 471 g/mol. The number of carbonyl (C=O) groups is 1. The molecule has 9 heteroatoms. The van der Waals surface area contributed by atoms with Crippen LogP contribution in [0.25, 0.3) is 22.3 Å². The van der Waals surface area contributed by atoms with Crippen molar-refractivity contribution in [3.8, 4) is 11.3 Å². The van der Waals surface area contributed by atoms with Crippen LogP contribution in [0.1, 0.15) is 32.6 Å². The van der Waals surface area contributed by atoms with E-state index >= 15 is 0 Å².